The third-order valence-corrected chi connectivity index (χ3v) is 3.96. The summed E-state index contributed by atoms with van der Waals surface area (Å²) >= 11 is 0. The van der Waals surface area contributed by atoms with E-state index < -0.39 is 47.7 Å². The van der Waals surface area contributed by atoms with Gasteiger partial charge in [0.1, 0.15) is 0 Å². The number of amides is 1. The maximum absolute atomic E-state index is 14.3. The van der Waals surface area contributed by atoms with Gasteiger partial charge in [-0.2, -0.15) is 43.9 Å². The summed E-state index contributed by atoms with van der Waals surface area (Å²) in [6.45, 7) is -1.05. The van der Waals surface area contributed by atoms with E-state index in [0.29, 0.717) is 0 Å². The molecule has 27 heavy (non-hydrogen) atoms. The minimum atomic E-state index is -7.35. The van der Waals surface area contributed by atoms with Crippen LogP contribution in [0.25, 0.3) is 0 Å². The van der Waals surface area contributed by atoms with Crippen LogP contribution in [-0.4, -0.2) is 46.2 Å². The Morgan fingerprint density at radius 1 is 0.741 bits per heavy atom. The van der Waals surface area contributed by atoms with Gasteiger partial charge in [0.2, 0.25) is 0 Å². The first-order valence-corrected chi connectivity index (χ1v) is 6.75. The number of hydrogen-bond acceptors (Lipinski definition) is 2. The highest BCUT2D eigenvalue weighted by molar-refractivity contribution is 5.88. The van der Waals surface area contributed by atoms with Gasteiger partial charge in [0.15, 0.2) is 0 Å². The molecule has 0 unspecified atom stereocenters. The molecule has 152 valence electrons. The van der Waals surface area contributed by atoms with E-state index in [1.807, 2.05) is 0 Å². The summed E-state index contributed by atoms with van der Waals surface area (Å²) in [5.41, 5.74) is -6.78. The lowest BCUT2D eigenvalue weighted by atomic mass is 9.71. The van der Waals surface area contributed by atoms with Gasteiger partial charge in [0.05, 0.1) is 0 Å². The molecule has 1 N–H and O–H groups in total. The van der Waals surface area contributed by atoms with E-state index in [4.69, 9.17) is 0 Å². The molecule has 1 fully saturated rings. The fraction of sp³-hybridized carbons (Fsp3) is 0.538. The number of alkyl halides is 11. The second-order valence-corrected chi connectivity index (χ2v) is 5.57. The lowest BCUT2D eigenvalue weighted by molar-refractivity contribution is -0.476. The van der Waals surface area contributed by atoms with Crippen molar-refractivity contribution in [3.63, 3.8) is 0 Å². The van der Waals surface area contributed by atoms with Crippen LogP contribution in [0, 0.1) is 0 Å². The van der Waals surface area contributed by atoms with Gasteiger partial charge in [-0.3, -0.25) is 9.78 Å². The van der Waals surface area contributed by atoms with Crippen molar-refractivity contribution in [2.24, 2.45) is 0 Å². The lowest BCUT2D eigenvalue weighted by Crippen LogP contribution is -2.86. The molecular formula is C13H7F11N2O. The molecule has 1 aliphatic carbocycles. The maximum atomic E-state index is 14.3. The zero-order valence-corrected chi connectivity index (χ0v) is 12.5. The summed E-state index contributed by atoms with van der Waals surface area (Å²) in [7, 11) is 0. The average molecular weight is 416 g/mol. The van der Waals surface area contributed by atoms with E-state index in [1.165, 1.54) is 0 Å². The highest BCUT2D eigenvalue weighted by Gasteiger charge is 3.02. The van der Waals surface area contributed by atoms with E-state index in [-0.39, 0.29) is 5.56 Å². The number of nitrogens with zero attached hydrogens (tertiary/aromatic N) is 1. The zero-order valence-electron chi connectivity index (χ0n) is 12.5. The zero-order chi connectivity index (χ0) is 21.1. The maximum Gasteiger partial charge on any atom is 0.384 e. The third-order valence-electron chi connectivity index (χ3n) is 3.96. The van der Waals surface area contributed by atoms with Crippen LogP contribution >= 0.6 is 0 Å². The molecule has 0 bridgehead atoms. The number of pyridine rings is 1. The Kier molecular flexibility index (Phi) is 4.44. The molecule has 1 aromatic heterocycles. The van der Waals surface area contributed by atoms with Crippen LogP contribution in [0.5, 0.6) is 0 Å². The molecule has 0 radical (unpaired) electrons. The first kappa shape index (κ1) is 21.2. The number of aromatic nitrogens is 1. The molecule has 1 heterocycles. The first-order chi connectivity index (χ1) is 12.0. The molecule has 0 saturated heterocycles. The SMILES string of the molecule is O=C(NCc1ccncc1)C1(F)C(F)(F)C(F)(F)C(F)(F)C(F)(F)C1(F)F. The van der Waals surface area contributed by atoms with E-state index in [9.17, 15) is 53.1 Å². The molecule has 0 aliphatic heterocycles. The van der Waals surface area contributed by atoms with Gasteiger partial charge in [-0.1, -0.05) is 0 Å². The summed E-state index contributed by atoms with van der Waals surface area (Å²) in [4.78, 5) is 15.0. The van der Waals surface area contributed by atoms with Gasteiger partial charge in [0.25, 0.3) is 5.91 Å². The molecule has 2 rings (SSSR count). The number of carbonyl (C=O) groups is 1. The highest BCUT2D eigenvalue weighted by Crippen LogP contribution is 2.69. The van der Waals surface area contributed by atoms with Crippen LogP contribution in [0.3, 0.4) is 0 Å². The summed E-state index contributed by atoms with van der Waals surface area (Å²) in [5, 5.41) is 1.01. The Bertz CT molecular complexity index is 705. The van der Waals surface area contributed by atoms with E-state index >= 15 is 0 Å². The second-order valence-electron chi connectivity index (χ2n) is 5.57. The van der Waals surface area contributed by atoms with Crippen molar-refractivity contribution in [2.75, 3.05) is 0 Å². The first-order valence-electron chi connectivity index (χ1n) is 6.75. The smallest absolute Gasteiger partial charge is 0.349 e. The molecular weight excluding hydrogens is 409 g/mol. The summed E-state index contributed by atoms with van der Waals surface area (Å²) in [6, 6.07) is 2.08. The summed E-state index contributed by atoms with van der Waals surface area (Å²) in [6.07, 6.45) is 2.08. The molecule has 0 aromatic carbocycles. The Labute approximate surface area is 142 Å². The Morgan fingerprint density at radius 3 is 1.52 bits per heavy atom. The average Bonchev–Trinajstić information content (AvgIpc) is 2.57. The molecule has 0 atom stereocenters. The quantitative estimate of drug-likeness (QED) is 0.766. The van der Waals surface area contributed by atoms with Gasteiger partial charge in [0, 0.05) is 18.9 Å². The van der Waals surface area contributed by atoms with E-state index in [0.717, 1.165) is 29.8 Å². The van der Waals surface area contributed by atoms with Gasteiger partial charge < -0.3 is 5.32 Å². The van der Waals surface area contributed by atoms with Crippen LogP contribution in [0.4, 0.5) is 48.3 Å². The molecule has 1 aromatic rings. The van der Waals surface area contributed by atoms with Crippen LogP contribution in [0.15, 0.2) is 24.5 Å². The minimum absolute atomic E-state index is 0.103. The van der Waals surface area contributed by atoms with Crippen LogP contribution in [0.2, 0.25) is 0 Å². The predicted octanol–water partition coefficient (Wildman–Crippen LogP) is 3.60. The van der Waals surface area contributed by atoms with Crippen molar-refractivity contribution in [3.8, 4) is 0 Å². The fourth-order valence-electron chi connectivity index (χ4n) is 2.31. The van der Waals surface area contributed by atoms with Gasteiger partial charge in [-0.25, -0.2) is 4.39 Å². The standard InChI is InChI=1S/C13H7F11N2O/c14-8(7(27)26-5-6-1-3-25-4-2-6)9(15,16)11(19,20)13(23,24)12(21,22)10(8,17)18/h1-4H,5H2,(H,26,27). The molecule has 1 aliphatic rings. The number of nitrogens with one attached hydrogen (secondary N) is 1. The monoisotopic (exact) mass is 416 g/mol. The Morgan fingerprint density at radius 2 is 1.11 bits per heavy atom. The third kappa shape index (κ3) is 2.27. The number of hydrogen-bond donors (Lipinski definition) is 1. The second kappa shape index (κ2) is 5.67. The van der Waals surface area contributed by atoms with Crippen molar-refractivity contribution in [1.29, 1.82) is 0 Å². The van der Waals surface area contributed by atoms with E-state index in [2.05, 4.69) is 4.98 Å². The van der Waals surface area contributed by atoms with Crippen LogP contribution < -0.4 is 5.32 Å². The van der Waals surface area contributed by atoms with Crippen molar-refractivity contribution in [2.45, 2.75) is 41.8 Å². The van der Waals surface area contributed by atoms with Gasteiger partial charge in [-0.15, -0.1) is 0 Å². The van der Waals surface area contributed by atoms with Crippen molar-refractivity contribution in [3.05, 3.63) is 30.1 Å². The number of halogens is 11. The summed E-state index contributed by atoms with van der Waals surface area (Å²) < 4.78 is 148. The largest absolute Gasteiger partial charge is 0.384 e. The molecule has 3 nitrogen and oxygen atoms in total. The number of rotatable bonds is 3. The molecule has 1 saturated carbocycles. The molecule has 0 spiro atoms. The Balaban J connectivity index is 2.55. The number of carbonyl (C=O) groups excluding carboxylic acids is 1. The molecule has 14 heteroatoms. The predicted molar refractivity (Wildman–Crippen MR) is 64.7 cm³/mol. The normalized spacial score (nSPS) is 26.2. The minimum Gasteiger partial charge on any atom is -0.349 e. The lowest BCUT2D eigenvalue weighted by Gasteiger charge is -2.51. The van der Waals surface area contributed by atoms with Gasteiger partial charge >= 0.3 is 35.3 Å². The van der Waals surface area contributed by atoms with Crippen LogP contribution in [0.1, 0.15) is 5.56 Å². The molecule has 1 amide bonds. The van der Waals surface area contributed by atoms with Crippen LogP contribution in [-0.2, 0) is 11.3 Å². The van der Waals surface area contributed by atoms with Crippen molar-refractivity contribution in [1.82, 2.24) is 10.3 Å². The summed E-state index contributed by atoms with van der Waals surface area (Å²) in [5.74, 6) is -39.7. The van der Waals surface area contributed by atoms with E-state index in [1.54, 1.807) is 0 Å². The van der Waals surface area contributed by atoms with Crippen molar-refractivity contribution < 1.29 is 53.1 Å². The fourth-order valence-corrected chi connectivity index (χ4v) is 2.31. The van der Waals surface area contributed by atoms with Crippen molar-refractivity contribution >= 4 is 5.91 Å². The van der Waals surface area contributed by atoms with Gasteiger partial charge in [-0.05, 0) is 17.7 Å². The topological polar surface area (TPSA) is 42.0 Å². The highest BCUT2D eigenvalue weighted by atomic mass is 19.4. The Hall–Kier alpha value is -2.15.